The van der Waals surface area contributed by atoms with Crippen molar-refractivity contribution in [3.05, 3.63) is 28.8 Å². The fourth-order valence-corrected chi connectivity index (χ4v) is 2.51. The number of nitrogens with one attached hydrogen (secondary N) is 1. The van der Waals surface area contributed by atoms with E-state index in [0.717, 1.165) is 36.7 Å². The Morgan fingerprint density at radius 2 is 2.33 bits per heavy atom. The molecule has 2 rings (SSSR count). The summed E-state index contributed by atoms with van der Waals surface area (Å²) in [6.07, 6.45) is 3.72. The van der Waals surface area contributed by atoms with Gasteiger partial charge in [-0.1, -0.05) is 25.4 Å². The molecule has 2 atom stereocenters. The van der Waals surface area contributed by atoms with E-state index in [0.29, 0.717) is 12.0 Å². The molecule has 0 saturated carbocycles. The number of ether oxygens (including phenoxy) is 1. The molecule has 1 aromatic carbocycles. The van der Waals surface area contributed by atoms with Gasteiger partial charge in [-0.05, 0) is 55.5 Å². The van der Waals surface area contributed by atoms with Crippen LogP contribution in [0.5, 0.6) is 5.75 Å². The van der Waals surface area contributed by atoms with E-state index in [-0.39, 0.29) is 0 Å². The van der Waals surface area contributed by atoms with Crippen LogP contribution in [0.4, 0.5) is 0 Å². The molecule has 2 unspecified atom stereocenters. The first-order valence-corrected chi connectivity index (χ1v) is 7.25. The van der Waals surface area contributed by atoms with E-state index in [1.807, 2.05) is 18.2 Å². The number of halogens is 1. The molecular formula is C15H22ClNO. The van der Waals surface area contributed by atoms with Gasteiger partial charge in [-0.3, -0.25) is 0 Å². The van der Waals surface area contributed by atoms with Gasteiger partial charge >= 0.3 is 0 Å². The summed E-state index contributed by atoms with van der Waals surface area (Å²) in [5.74, 6) is 1.48. The van der Waals surface area contributed by atoms with E-state index < -0.39 is 0 Å². The molecule has 2 nitrogen and oxygen atoms in total. The first kappa shape index (κ1) is 13.7. The van der Waals surface area contributed by atoms with Gasteiger partial charge in [0.2, 0.25) is 0 Å². The van der Waals surface area contributed by atoms with E-state index in [1.54, 1.807) is 0 Å². The molecule has 1 aromatic rings. The lowest BCUT2D eigenvalue weighted by molar-refractivity contribution is 0.165. The molecule has 18 heavy (non-hydrogen) atoms. The molecule has 1 saturated heterocycles. The maximum Gasteiger partial charge on any atom is 0.123 e. The molecule has 1 aliphatic heterocycles. The van der Waals surface area contributed by atoms with Crippen molar-refractivity contribution in [1.29, 1.82) is 0 Å². The van der Waals surface area contributed by atoms with Crippen LogP contribution in [0, 0.1) is 0 Å². The van der Waals surface area contributed by atoms with Crippen molar-refractivity contribution < 1.29 is 4.74 Å². The minimum absolute atomic E-state index is 0.294. The highest BCUT2D eigenvalue weighted by Crippen LogP contribution is 2.32. The van der Waals surface area contributed by atoms with E-state index in [9.17, 15) is 0 Å². The Hall–Kier alpha value is -0.730. The van der Waals surface area contributed by atoms with Crippen LogP contribution >= 0.6 is 11.6 Å². The summed E-state index contributed by atoms with van der Waals surface area (Å²) in [6, 6.07) is 5.97. The average Bonchev–Trinajstić information content (AvgIpc) is 2.41. The zero-order chi connectivity index (χ0) is 13.0. The molecule has 100 valence electrons. The first-order valence-electron chi connectivity index (χ1n) is 6.87. The number of hydrogen-bond acceptors (Lipinski definition) is 2. The Kier molecular flexibility index (Phi) is 4.90. The van der Waals surface area contributed by atoms with Gasteiger partial charge in [-0.15, -0.1) is 0 Å². The fraction of sp³-hybridized carbons (Fsp3) is 0.600. The number of piperidine rings is 1. The first-order chi connectivity index (χ1) is 8.70. The summed E-state index contributed by atoms with van der Waals surface area (Å²) in [5, 5.41) is 4.17. The van der Waals surface area contributed by atoms with Gasteiger partial charge in [0.15, 0.2) is 0 Å². The lowest BCUT2D eigenvalue weighted by Crippen LogP contribution is -2.37. The van der Waals surface area contributed by atoms with Gasteiger partial charge in [0.1, 0.15) is 11.9 Å². The highest BCUT2D eigenvalue weighted by Gasteiger charge is 2.18. The summed E-state index contributed by atoms with van der Waals surface area (Å²) in [6.45, 7) is 6.47. The van der Waals surface area contributed by atoms with Crippen molar-refractivity contribution in [2.24, 2.45) is 0 Å². The van der Waals surface area contributed by atoms with E-state index in [1.165, 1.54) is 12.0 Å². The normalized spacial score (nSPS) is 21.6. The van der Waals surface area contributed by atoms with Crippen LogP contribution in [0.15, 0.2) is 18.2 Å². The minimum atomic E-state index is 0.294. The summed E-state index contributed by atoms with van der Waals surface area (Å²) < 4.78 is 6.14. The predicted molar refractivity (Wildman–Crippen MR) is 76.7 cm³/mol. The molecule has 1 fully saturated rings. The van der Waals surface area contributed by atoms with Crippen LogP contribution in [-0.2, 0) is 0 Å². The second kappa shape index (κ2) is 6.44. The minimum Gasteiger partial charge on any atom is -0.489 e. The third-order valence-corrected chi connectivity index (χ3v) is 3.90. The second-order valence-corrected chi connectivity index (χ2v) is 5.51. The Balaban J connectivity index is 2.15. The molecule has 0 bridgehead atoms. The Labute approximate surface area is 115 Å². The van der Waals surface area contributed by atoms with Gasteiger partial charge in [0.05, 0.1) is 0 Å². The van der Waals surface area contributed by atoms with Gasteiger partial charge in [-0.2, -0.15) is 0 Å². The second-order valence-electron chi connectivity index (χ2n) is 5.08. The van der Waals surface area contributed by atoms with Crippen LogP contribution in [0.1, 0.15) is 44.6 Å². The van der Waals surface area contributed by atoms with Gasteiger partial charge in [-0.25, -0.2) is 0 Å². The van der Waals surface area contributed by atoms with Crippen molar-refractivity contribution in [3.8, 4) is 5.75 Å². The maximum atomic E-state index is 6.14. The van der Waals surface area contributed by atoms with E-state index >= 15 is 0 Å². The number of rotatable bonds is 4. The highest BCUT2D eigenvalue weighted by atomic mass is 35.5. The zero-order valence-corrected chi connectivity index (χ0v) is 12.0. The smallest absolute Gasteiger partial charge is 0.123 e. The lowest BCUT2D eigenvalue weighted by atomic mass is 9.97. The summed E-state index contributed by atoms with van der Waals surface area (Å²) in [7, 11) is 0. The van der Waals surface area contributed by atoms with Crippen molar-refractivity contribution in [1.82, 2.24) is 5.32 Å². The Morgan fingerprint density at radius 1 is 1.50 bits per heavy atom. The molecule has 0 spiro atoms. The van der Waals surface area contributed by atoms with Crippen LogP contribution in [0.25, 0.3) is 0 Å². The summed E-state index contributed by atoms with van der Waals surface area (Å²) in [4.78, 5) is 0. The van der Waals surface area contributed by atoms with Crippen molar-refractivity contribution in [2.75, 3.05) is 13.1 Å². The molecule has 1 heterocycles. The van der Waals surface area contributed by atoms with Gasteiger partial charge in [0.25, 0.3) is 0 Å². The van der Waals surface area contributed by atoms with Crippen LogP contribution in [-0.4, -0.2) is 19.2 Å². The predicted octanol–water partition coefficient (Wildman–Crippen LogP) is 3.98. The van der Waals surface area contributed by atoms with Crippen molar-refractivity contribution in [2.45, 2.75) is 45.1 Å². The third-order valence-electron chi connectivity index (χ3n) is 3.66. The SMILES string of the molecule is CCC(C)c1cc(Cl)ccc1OC1CCCNC1. The van der Waals surface area contributed by atoms with Crippen LogP contribution < -0.4 is 10.1 Å². The molecule has 0 aliphatic carbocycles. The lowest BCUT2D eigenvalue weighted by Gasteiger charge is -2.26. The van der Waals surface area contributed by atoms with Crippen LogP contribution in [0.2, 0.25) is 5.02 Å². The van der Waals surface area contributed by atoms with E-state index in [4.69, 9.17) is 16.3 Å². The monoisotopic (exact) mass is 267 g/mol. The fourth-order valence-electron chi connectivity index (χ4n) is 2.33. The molecule has 1 aliphatic rings. The Bertz CT molecular complexity index is 388. The molecule has 1 N–H and O–H groups in total. The third kappa shape index (κ3) is 3.39. The highest BCUT2D eigenvalue weighted by molar-refractivity contribution is 6.30. The summed E-state index contributed by atoms with van der Waals surface area (Å²) in [5.41, 5.74) is 1.23. The molecule has 0 aromatic heterocycles. The average molecular weight is 268 g/mol. The molecular weight excluding hydrogens is 246 g/mol. The number of hydrogen-bond donors (Lipinski definition) is 1. The van der Waals surface area contributed by atoms with Crippen LogP contribution in [0.3, 0.4) is 0 Å². The summed E-state index contributed by atoms with van der Waals surface area (Å²) >= 11 is 6.09. The largest absolute Gasteiger partial charge is 0.489 e. The standard InChI is InChI=1S/C15H22ClNO/c1-3-11(2)14-9-12(16)6-7-15(14)18-13-5-4-8-17-10-13/h6-7,9,11,13,17H,3-5,8,10H2,1-2H3. The molecule has 0 amide bonds. The zero-order valence-electron chi connectivity index (χ0n) is 11.2. The Morgan fingerprint density at radius 3 is 3.00 bits per heavy atom. The molecule has 0 radical (unpaired) electrons. The van der Waals surface area contributed by atoms with Gasteiger partial charge < -0.3 is 10.1 Å². The van der Waals surface area contributed by atoms with Crippen molar-refractivity contribution in [3.63, 3.8) is 0 Å². The quantitative estimate of drug-likeness (QED) is 0.891. The van der Waals surface area contributed by atoms with Crippen molar-refractivity contribution >= 4 is 11.6 Å². The van der Waals surface area contributed by atoms with E-state index in [2.05, 4.69) is 19.2 Å². The topological polar surface area (TPSA) is 21.3 Å². The number of benzene rings is 1. The maximum absolute atomic E-state index is 6.14. The molecule has 3 heteroatoms. The van der Waals surface area contributed by atoms with Gasteiger partial charge in [0, 0.05) is 11.6 Å².